The number of likely N-dealkylation sites (N-methyl/N-ethyl adjacent to an activating group) is 1. The third-order valence-corrected chi connectivity index (χ3v) is 6.66. The minimum absolute atomic E-state index is 0.199. The van der Waals surface area contributed by atoms with Crippen LogP contribution < -0.4 is 16.4 Å². The number of anilines is 2. The van der Waals surface area contributed by atoms with Crippen molar-refractivity contribution in [2.75, 3.05) is 38.2 Å². The molecule has 4 rings (SSSR count). The molecule has 3 aromatic rings. The molecule has 35 heavy (non-hydrogen) atoms. The Bertz CT molecular complexity index is 1320. The van der Waals surface area contributed by atoms with E-state index in [0.29, 0.717) is 51.6 Å². The summed E-state index contributed by atoms with van der Waals surface area (Å²) in [6.07, 6.45) is 4.96. The van der Waals surface area contributed by atoms with Gasteiger partial charge in [-0.05, 0) is 82.4 Å². The number of hydrogen-bond donors (Lipinski definition) is 5. The lowest BCUT2D eigenvalue weighted by Crippen LogP contribution is -2.31. The molecule has 0 saturated heterocycles. The second kappa shape index (κ2) is 9.87. The Labute approximate surface area is 205 Å². The van der Waals surface area contributed by atoms with E-state index in [0.717, 1.165) is 48.7 Å². The Morgan fingerprint density at radius 1 is 1.17 bits per heavy atom. The third-order valence-electron chi connectivity index (χ3n) is 6.66. The lowest BCUT2D eigenvalue weighted by molar-refractivity contribution is 0.0950. The van der Waals surface area contributed by atoms with Gasteiger partial charge in [-0.1, -0.05) is 0 Å². The number of pyridine rings is 1. The topological polar surface area (TPSA) is 140 Å². The maximum atomic E-state index is 13.3. The fourth-order valence-electron chi connectivity index (χ4n) is 4.89. The quantitative estimate of drug-likeness (QED) is 0.264. The molecule has 6 N–H and O–H groups in total. The van der Waals surface area contributed by atoms with Crippen LogP contribution in [0.3, 0.4) is 0 Å². The number of benzene rings is 1. The maximum Gasteiger partial charge on any atom is 0.273 e. The van der Waals surface area contributed by atoms with E-state index in [9.17, 15) is 9.59 Å². The molecule has 2 heterocycles. The predicted molar refractivity (Wildman–Crippen MR) is 140 cm³/mol. The zero-order chi connectivity index (χ0) is 25.3. The Hall–Kier alpha value is -3.72. The minimum atomic E-state index is -0.333. The Balaban J connectivity index is 1.68. The number of carbonyl (C=O) groups is 2. The summed E-state index contributed by atoms with van der Waals surface area (Å²) in [5.74, 6) is -0.00283. The molecule has 0 radical (unpaired) electrons. The highest BCUT2D eigenvalue weighted by Crippen LogP contribution is 2.36. The van der Waals surface area contributed by atoms with Crippen LogP contribution in [0, 0.1) is 19.3 Å². The number of aromatic nitrogens is 2. The first-order valence-corrected chi connectivity index (χ1v) is 11.9. The van der Waals surface area contributed by atoms with Crippen molar-refractivity contribution in [3.8, 4) is 0 Å². The number of carbonyl (C=O) groups excluding carboxylic acids is 2. The van der Waals surface area contributed by atoms with Crippen LogP contribution in [-0.2, 0) is 12.8 Å². The lowest BCUT2D eigenvalue weighted by Gasteiger charge is -2.22. The van der Waals surface area contributed by atoms with Crippen molar-refractivity contribution < 1.29 is 9.59 Å². The lowest BCUT2D eigenvalue weighted by atomic mass is 9.87. The molecule has 9 heteroatoms. The number of aryl methyl sites for hydroxylation is 2. The summed E-state index contributed by atoms with van der Waals surface area (Å²) >= 11 is 0. The van der Waals surface area contributed by atoms with Gasteiger partial charge >= 0.3 is 0 Å². The van der Waals surface area contributed by atoms with Crippen molar-refractivity contribution >= 4 is 40.4 Å². The molecule has 0 saturated carbocycles. The average Bonchev–Trinajstić information content (AvgIpc) is 3.13. The predicted octanol–water partition coefficient (Wildman–Crippen LogP) is 3.18. The Morgan fingerprint density at radius 2 is 1.89 bits per heavy atom. The second-order valence-electron chi connectivity index (χ2n) is 9.37. The number of nitrogens with zero attached hydrogens (tertiary/aromatic N) is 2. The molecule has 0 unspecified atom stereocenters. The second-order valence-corrected chi connectivity index (χ2v) is 9.37. The first-order valence-electron chi connectivity index (χ1n) is 11.9. The SMILES string of the molecule is Cc1[nH]c(C(=O)Nc2nc3ccc(N)c(C=N)c3c3c2CCCC3)c(C)c1C(=O)NCCN(C)C. The first kappa shape index (κ1) is 24.4. The van der Waals surface area contributed by atoms with Crippen LogP contribution in [0.25, 0.3) is 10.9 Å². The molecule has 2 aromatic heterocycles. The molecule has 1 aromatic carbocycles. The summed E-state index contributed by atoms with van der Waals surface area (Å²) in [5, 5.41) is 14.7. The molecular weight excluding hydrogens is 442 g/mol. The summed E-state index contributed by atoms with van der Waals surface area (Å²) in [5.41, 5.74) is 12.3. The van der Waals surface area contributed by atoms with Crippen LogP contribution in [0.4, 0.5) is 11.5 Å². The number of hydrogen-bond acceptors (Lipinski definition) is 6. The number of fused-ring (bicyclic) bond motifs is 3. The maximum absolute atomic E-state index is 13.3. The van der Waals surface area contributed by atoms with Crippen molar-refractivity contribution in [2.24, 2.45) is 0 Å². The van der Waals surface area contributed by atoms with Crippen LogP contribution in [0.15, 0.2) is 12.1 Å². The van der Waals surface area contributed by atoms with Gasteiger partial charge in [-0.25, -0.2) is 4.98 Å². The van der Waals surface area contributed by atoms with E-state index in [-0.39, 0.29) is 11.8 Å². The van der Waals surface area contributed by atoms with Crippen LogP contribution in [0.2, 0.25) is 0 Å². The van der Waals surface area contributed by atoms with Crippen molar-refractivity contribution in [1.29, 1.82) is 5.41 Å². The highest BCUT2D eigenvalue weighted by molar-refractivity contribution is 6.09. The van der Waals surface area contributed by atoms with Gasteiger partial charge in [-0.3, -0.25) is 9.59 Å². The summed E-state index contributed by atoms with van der Waals surface area (Å²) in [7, 11) is 3.89. The standard InChI is InChI=1S/C26H33N7O2/c1-14-21(25(34)29-11-12-33(3)4)15(2)30-23(14)26(35)32-24-17-8-6-5-7-16(17)22-18(13-27)19(28)9-10-20(22)31-24/h9-10,13,27,30H,5-8,11-12,28H2,1-4H3,(H,29,34)(H,31,32,35). The van der Waals surface area contributed by atoms with Gasteiger partial charge in [0.1, 0.15) is 11.5 Å². The van der Waals surface area contributed by atoms with Crippen molar-refractivity contribution in [1.82, 2.24) is 20.2 Å². The number of nitrogen functional groups attached to an aromatic ring is 1. The van der Waals surface area contributed by atoms with Crippen LogP contribution in [0.5, 0.6) is 0 Å². The molecule has 9 nitrogen and oxygen atoms in total. The van der Waals surface area contributed by atoms with E-state index in [1.54, 1.807) is 19.9 Å². The van der Waals surface area contributed by atoms with Crippen molar-refractivity contribution in [2.45, 2.75) is 39.5 Å². The summed E-state index contributed by atoms with van der Waals surface area (Å²) in [6.45, 7) is 4.82. The molecule has 0 spiro atoms. The number of amides is 2. The highest BCUT2D eigenvalue weighted by Gasteiger charge is 2.25. The zero-order valence-corrected chi connectivity index (χ0v) is 20.8. The van der Waals surface area contributed by atoms with Crippen molar-refractivity contribution in [3.05, 3.63) is 51.3 Å². The Kier molecular flexibility index (Phi) is 6.88. The third kappa shape index (κ3) is 4.64. The van der Waals surface area contributed by atoms with Crippen LogP contribution in [0.1, 0.15) is 61.6 Å². The molecule has 0 bridgehead atoms. The highest BCUT2D eigenvalue weighted by atomic mass is 16.2. The van der Waals surface area contributed by atoms with Gasteiger partial charge in [0, 0.05) is 41.6 Å². The van der Waals surface area contributed by atoms with E-state index in [1.165, 1.54) is 6.21 Å². The normalized spacial score (nSPS) is 13.1. The molecule has 0 atom stereocenters. The van der Waals surface area contributed by atoms with Gasteiger partial charge in [0.2, 0.25) is 0 Å². The first-order chi connectivity index (χ1) is 16.7. The average molecular weight is 476 g/mol. The molecule has 2 amide bonds. The van der Waals surface area contributed by atoms with Crippen LogP contribution in [-0.4, -0.2) is 60.1 Å². The monoisotopic (exact) mass is 475 g/mol. The number of nitrogens with two attached hydrogens (primary N) is 1. The largest absolute Gasteiger partial charge is 0.398 e. The number of H-pyrrole nitrogens is 1. The molecule has 1 aliphatic carbocycles. The summed E-state index contributed by atoms with van der Waals surface area (Å²) in [4.78, 5) is 36.0. The van der Waals surface area contributed by atoms with E-state index < -0.39 is 0 Å². The van der Waals surface area contributed by atoms with Gasteiger partial charge in [0.15, 0.2) is 0 Å². The van der Waals surface area contributed by atoms with Gasteiger partial charge in [0.25, 0.3) is 11.8 Å². The fourth-order valence-corrected chi connectivity index (χ4v) is 4.89. The summed E-state index contributed by atoms with van der Waals surface area (Å²) < 4.78 is 0. The van der Waals surface area contributed by atoms with Gasteiger partial charge < -0.3 is 31.7 Å². The zero-order valence-electron chi connectivity index (χ0n) is 20.8. The molecular formula is C26H33N7O2. The summed E-state index contributed by atoms with van der Waals surface area (Å²) in [6, 6.07) is 3.58. The van der Waals surface area contributed by atoms with Gasteiger partial charge in [0.05, 0.1) is 11.1 Å². The van der Waals surface area contributed by atoms with E-state index >= 15 is 0 Å². The number of rotatable bonds is 7. The van der Waals surface area contributed by atoms with Gasteiger partial charge in [-0.2, -0.15) is 0 Å². The van der Waals surface area contributed by atoms with Crippen LogP contribution >= 0.6 is 0 Å². The van der Waals surface area contributed by atoms with E-state index in [4.69, 9.17) is 16.1 Å². The fraction of sp³-hybridized carbons (Fsp3) is 0.385. The molecule has 1 aliphatic rings. The Morgan fingerprint density at radius 3 is 2.57 bits per heavy atom. The van der Waals surface area contributed by atoms with Gasteiger partial charge in [-0.15, -0.1) is 0 Å². The van der Waals surface area contributed by atoms with E-state index in [2.05, 4.69) is 15.6 Å². The molecule has 0 aliphatic heterocycles. The smallest absolute Gasteiger partial charge is 0.273 e. The number of aromatic amines is 1. The van der Waals surface area contributed by atoms with Crippen molar-refractivity contribution in [3.63, 3.8) is 0 Å². The van der Waals surface area contributed by atoms with E-state index in [1.807, 2.05) is 25.1 Å². The molecule has 0 fully saturated rings. The number of nitrogens with one attached hydrogen (secondary N) is 4. The minimum Gasteiger partial charge on any atom is -0.398 e. The molecule has 184 valence electrons.